The minimum Gasteiger partial charge on any atom is -0.356 e. The second-order valence-electron chi connectivity index (χ2n) is 10.0. The number of anilines is 2. The summed E-state index contributed by atoms with van der Waals surface area (Å²) in [4.78, 5) is 33.6. The number of amides is 2. The van der Waals surface area contributed by atoms with Crippen LogP contribution < -0.4 is 15.1 Å². The molecular weight excluding hydrogens is 474 g/mol. The SMILES string of the molecule is O=C(NCCCN1CCN(Cc2ccccc2)CC1)C1CCN(c2nnc(N3CCCC3=O)s2)CC1. The van der Waals surface area contributed by atoms with Crippen molar-refractivity contribution >= 4 is 33.4 Å². The molecule has 194 valence electrons. The molecular formula is C26H37N7O2S. The Balaban J connectivity index is 0.956. The van der Waals surface area contributed by atoms with Crippen molar-refractivity contribution in [2.24, 2.45) is 5.92 Å². The number of rotatable bonds is 9. The van der Waals surface area contributed by atoms with Crippen molar-refractivity contribution in [1.29, 1.82) is 0 Å². The van der Waals surface area contributed by atoms with Crippen molar-refractivity contribution in [2.45, 2.75) is 38.6 Å². The lowest BCUT2D eigenvalue weighted by molar-refractivity contribution is -0.125. The Morgan fingerprint density at radius 3 is 2.39 bits per heavy atom. The summed E-state index contributed by atoms with van der Waals surface area (Å²) in [6, 6.07) is 10.7. The van der Waals surface area contributed by atoms with E-state index in [0.29, 0.717) is 11.6 Å². The Kier molecular flexibility index (Phi) is 8.45. The largest absolute Gasteiger partial charge is 0.356 e. The van der Waals surface area contributed by atoms with E-state index >= 15 is 0 Å². The monoisotopic (exact) mass is 511 g/mol. The first-order valence-electron chi connectivity index (χ1n) is 13.3. The number of carbonyl (C=O) groups excluding carboxylic acids is 2. The van der Waals surface area contributed by atoms with Gasteiger partial charge in [0, 0.05) is 71.2 Å². The zero-order valence-corrected chi connectivity index (χ0v) is 21.8. The fourth-order valence-electron chi connectivity index (χ4n) is 5.30. The van der Waals surface area contributed by atoms with Gasteiger partial charge in [0.25, 0.3) is 0 Å². The van der Waals surface area contributed by atoms with Crippen LogP contribution in [0, 0.1) is 5.92 Å². The van der Waals surface area contributed by atoms with Gasteiger partial charge in [-0.15, -0.1) is 10.2 Å². The fourth-order valence-corrected chi connectivity index (χ4v) is 6.24. The third-order valence-electron chi connectivity index (χ3n) is 7.51. The lowest BCUT2D eigenvalue weighted by atomic mass is 9.96. The number of benzene rings is 1. The van der Waals surface area contributed by atoms with Crippen LogP contribution in [0.5, 0.6) is 0 Å². The zero-order valence-electron chi connectivity index (χ0n) is 21.0. The predicted octanol–water partition coefficient (Wildman–Crippen LogP) is 2.21. The summed E-state index contributed by atoms with van der Waals surface area (Å²) in [5, 5.41) is 13.3. The molecule has 3 fully saturated rings. The van der Waals surface area contributed by atoms with Crippen molar-refractivity contribution < 1.29 is 9.59 Å². The van der Waals surface area contributed by atoms with Crippen LogP contribution in [-0.2, 0) is 16.1 Å². The molecule has 0 bridgehead atoms. The van der Waals surface area contributed by atoms with E-state index in [1.165, 1.54) is 16.9 Å². The van der Waals surface area contributed by atoms with E-state index in [1.54, 1.807) is 4.90 Å². The summed E-state index contributed by atoms with van der Waals surface area (Å²) in [5.74, 6) is 0.386. The van der Waals surface area contributed by atoms with Crippen LogP contribution in [-0.4, -0.2) is 90.7 Å². The van der Waals surface area contributed by atoms with Gasteiger partial charge in [-0.1, -0.05) is 41.7 Å². The molecule has 36 heavy (non-hydrogen) atoms. The molecule has 3 aliphatic heterocycles. The van der Waals surface area contributed by atoms with Gasteiger partial charge >= 0.3 is 0 Å². The number of nitrogens with one attached hydrogen (secondary N) is 1. The smallest absolute Gasteiger partial charge is 0.228 e. The predicted molar refractivity (Wildman–Crippen MR) is 142 cm³/mol. The lowest BCUT2D eigenvalue weighted by Crippen LogP contribution is -2.46. The summed E-state index contributed by atoms with van der Waals surface area (Å²) in [6.07, 6.45) is 4.13. The summed E-state index contributed by atoms with van der Waals surface area (Å²) in [7, 11) is 0. The normalized spacial score (nSPS) is 20.3. The number of nitrogens with zero attached hydrogens (tertiary/aromatic N) is 6. The highest BCUT2D eigenvalue weighted by Gasteiger charge is 2.29. The molecule has 9 nitrogen and oxygen atoms in total. The van der Waals surface area contributed by atoms with E-state index in [2.05, 4.69) is 60.5 Å². The number of hydrogen-bond donors (Lipinski definition) is 1. The van der Waals surface area contributed by atoms with Gasteiger partial charge in [0.15, 0.2) is 0 Å². The number of piperidine rings is 1. The van der Waals surface area contributed by atoms with Crippen LogP contribution in [0.15, 0.2) is 30.3 Å². The Hall–Kier alpha value is -2.56. The van der Waals surface area contributed by atoms with Crippen LogP contribution in [0.4, 0.5) is 10.3 Å². The van der Waals surface area contributed by atoms with Crippen molar-refractivity contribution in [3.05, 3.63) is 35.9 Å². The third kappa shape index (κ3) is 6.41. The number of hydrogen-bond acceptors (Lipinski definition) is 8. The molecule has 2 amide bonds. The summed E-state index contributed by atoms with van der Waals surface area (Å²) < 4.78 is 0. The second-order valence-corrected chi connectivity index (χ2v) is 11.0. The molecule has 0 aliphatic carbocycles. The first kappa shape index (κ1) is 25.1. The molecule has 4 heterocycles. The second kappa shape index (κ2) is 12.1. The summed E-state index contributed by atoms with van der Waals surface area (Å²) >= 11 is 1.48. The van der Waals surface area contributed by atoms with Gasteiger partial charge in [-0.3, -0.25) is 19.4 Å². The fraction of sp³-hybridized carbons (Fsp3) is 0.615. The summed E-state index contributed by atoms with van der Waals surface area (Å²) in [5.41, 5.74) is 1.38. The summed E-state index contributed by atoms with van der Waals surface area (Å²) in [6.45, 7) is 9.54. The molecule has 10 heteroatoms. The molecule has 1 N–H and O–H groups in total. The van der Waals surface area contributed by atoms with Crippen molar-refractivity contribution in [3.8, 4) is 0 Å². The van der Waals surface area contributed by atoms with E-state index in [4.69, 9.17) is 0 Å². The molecule has 3 aliphatic rings. The van der Waals surface area contributed by atoms with E-state index < -0.39 is 0 Å². The van der Waals surface area contributed by atoms with Crippen molar-refractivity contribution in [3.63, 3.8) is 0 Å². The molecule has 2 aromatic rings. The maximum Gasteiger partial charge on any atom is 0.228 e. The van der Waals surface area contributed by atoms with Crippen molar-refractivity contribution in [1.82, 2.24) is 25.3 Å². The Morgan fingerprint density at radius 1 is 0.944 bits per heavy atom. The Labute approximate surface area is 217 Å². The van der Waals surface area contributed by atoms with Gasteiger partial charge in [-0.2, -0.15) is 0 Å². The molecule has 0 saturated carbocycles. The number of carbonyl (C=O) groups is 2. The third-order valence-corrected chi connectivity index (χ3v) is 8.52. The molecule has 1 aromatic heterocycles. The van der Waals surface area contributed by atoms with Gasteiger partial charge in [0.2, 0.25) is 22.1 Å². The maximum atomic E-state index is 12.7. The molecule has 3 saturated heterocycles. The lowest BCUT2D eigenvalue weighted by Gasteiger charge is -2.34. The highest BCUT2D eigenvalue weighted by molar-refractivity contribution is 7.19. The van der Waals surface area contributed by atoms with E-state index in [-0.39, 0.29) is 17.7 Å². The average Bonchev–Trinajstić information content (AvgIpc) is 3.57. The van der Waals surface area contributed by atoms with Crippen LogP contribution >= 0.6 is 11.3 Å². The minimum atomic E-state index is 0.0651. The van der Waals surface area contributed by atoms with Gasteiger partial charge < -0.3 is 15.1 Å². The topological polar surface area (TPSA) is 84.9 Å². The minimum absolute atomic E-state index is 0.0651. The Morgan fingerprint density at radius 2 is 1.67 bits per heavy atom. The average molecular weight is 512 g/mol. The van der Waals surface area contributed by atoms with E-state index in [1.807, 2.05) is 0 Å². The standard InChI is InChI=1S/C26H37N7O2S/c34-23-8-4-13-33(23)26-29-28-25(36-26)32-14-9-22(10-15-32)24(35)27-11-5-12-30-16-18-31(19-17-30)20-21-6-2-1-3-7-21/h1-3,6-7,22H,4-5,8-20H2,(H,27,35). The first-order chi connectivity index (χ1) is 17.7. The van der Waals surface area contributed by atoms with Crippen LogP contribution in [0.2, 0.25) is 0 Å². The highest BCUT2D eigenvalue weighted by atomic mass is 32.1. The van der Waals surface area contributed by atoms with E-state index in [9.17, 15) is 9.59 Å². The molecule has 5 rings (SSSR count). The van der Waals surface area contributed by atoms with Crippen LogP contribution in [0.3, 0.4) is 0 Å². The molecule has 0 radical (unpaired) electrons. The number of aromatic nitrogens is 2. The van der Waals surface area contributed by atoms with Gasteiger partial charge in [0.05, 0.1) is 0 Å². The van der Waals surface area contributed by atoms with Crippen LogP contribution in [0.1, 0.15) is 37.7 Å². The van der Waals surface area contributed by atoms with E-state index in [0.717, 1.165) is 96.3 Å². The number of piperazine rings is 1. The zero-order chi connectivity index (χ0) is 24.7. The maximum absolute atomic E-state index is 12.7. The molecule has 0 spiro atoms. The Bertz CT molecular complexity index is 1000. The molecule has 1 aromatic carbocycles. The first-order valence-corrected chi connectivity index (χ1v) is 14.1. The van der Waals surface area contributed by atoms with Crippen molar-refractivity contribution in [2.75, 3.05) is 68.7 Å². The van der Waals surface area contributed by atoms with Gasteiger partial charge in [0.1, 0.15) is 0 Å². The highest BCUT2D eigenvalue weighted by Crippen LogP contribution is 2.32. The molecule has 0 unspecified atom stereocenters. The van der Waals surface area contributed by atoms with Gasteiger partial charge in [-0.05, 0) is 37.8 Å². The molecule has 0 atom stereocenters. The quantitative estimate of drug-likeness (QED) is 0.517. The van der Waals surface area contributed by atoms with Gasteiger partial charge in [-0.25, -0.2) is 0 Å². The van der Waals surface area contributed by atoms with Crippen LogP contribution in [0.25, 0.3) is 0 Å².